The third-order valence-corrected chi connectivity index (χ3v) is 15.1. The first-order valence-corrected chi connectivity index (χ1v) is 25.2. The lowest BCUT2D eigenvalue weighted by atomic mass is 9.98. The van der Waals surface area contributed by atoms with Crippen LogP contribution >= 0.6 is 0 Å². The van der Waals surface area contributed by atoms with Gasteiger partial charge in [0, 0.05) is 73.1 Å². The quantitative estimate of drug-likeness (QED) is 0.152. The van der Waals surface area contributed by atoms with Crippen molar-refractivity contribution in [2.45, 2.75) is 6.92 Å². The fourth-order valence-corrected chi connectivity index (χ4v) is 11.8. The van der Waals surface area contributed by atoms with Crippen LogP contribution in [0.1, 0.15) is 5.56 Å². The molecule has 0 amide bonds. The van der Waals surface area contributed by atoms with Crippen molar-refractivity contribution in [1.82, 2.24) is 18.7 Å². The second kappa shape index (κ2) is 16.6. The molecule has 1 aliphatic heterocycles. The lowest BCUT2D eigenvalue weighted by Crippen LogP contribution is -2.23. The van der Waals surface area contributed by atoms with E-state index in [2.05, 4.69) is 273 Å². The minimum Gasteiger partial charge on any atom is -0.457 e. The Bertz CT molecular complexity index is 4310. The van der Waals surface area contributed by atoms with E-state index in [0.717, 1.165) is 106 Å². The van der Waals surface area contributed by atoms with E-state index < -0.39 is 0 Å². The average molecular weight is 951 g/mol. The number of ether oxygens (including phenoxy) is 1. The molecule has 0 saturated heterocycles. The van der Waals surface area contributed by atoms with Gasteiger partial charge in [0.05, 0.1) is 55.8 Å². The van der Waals surface area contributed by atoms with E-state index in [-0.39, 0.29) is 0 Å². The number of nitrogens with zero attached hydrogens (tertiary/aromatic N) is 6. The molecule has 4 aromatic heterocycles. The number of pyridine rings is 1. The molecule has 0 radical (unpaired) electrons. The Morgan fingerprint density at radius 3 is 1.34 bits per heavy atom. The first-order chi connectivity index (χ1) is 36.6. The lowest BCUT2D eigenvalue weighted by molar-refractivity contribution is 0.483. The Hall–Kier alpha value is -9.85. The van der Waals surface area contributed by atoms with Gasteiger partial charge in [0.2, 0.25) is 0 Å². The van der Waals surface area contributed by atoms with Crippen LogP contribution in [0.15, 0.2) is 249 Å². The zero-order valence-electron chi connectivity index (χ0n) is 40.5. The molecular weight excluding hydrogens is 905 g/mol. The van der Waals surface area contributed by atoms with Gasteiger partial charge in [0.25, 0.3) is 0 Å². The number of aryl methyl sites for hydroxylation is 1. The van der Waals surface area contributed by atoms with Crippen LogP contribution in [0.25, 0.3) is 93.7 Å². The van der Waals surface area contributed by atoms with E-state index in [1.807, 2.05) is 6.07 Å². The number of hydrogen-bond donors (Lipinski definition) is 0. The van der Waals surface area contributed by atoms with E-state index in [1.165, 1.54) is 27.2 Å². The Labute approximate surface area is 427 Å². The van der Waals surface area contributed by atoms with Crippen molar-refractivity contribution in [3.8, 4) is 39.8 Å². The summed E-state index contributed by atoms with van der Waals surface area (Å²) in [5.74, 6) is 2.34. The van der Waals surface area contributed by atoms with E-state index in [1.54, 1.807) is 0 Å². The molecule has 14 aromatic rings. The molecule has 0 saturated carbocycles. The molecule has 0 aliphatic carbocycles. The van der Waals surface area contributed by atoms with Gasteiger partial charge in [-0.15, -0.1) is 0 Å². The maximum atomic E-state index is 6.81. The molecule has 10 aromatic carbocycles. The van der Waals surface area contributed by atoms with Crippen LogP contribution in [0.5, 0.6) is 11.5 Å². The molecule has 15 rings (SSSR count). The summed E-state index contributed by atoms with van der Waals surface area (Å²) in [6.07, 6.45) is 2.09. The minimum atomic E-state index is 0.692. The summed E-state index contributed by atoms with van der Waals surface area (Å²) >= 11 is 0. The molecule has 7 nitrogen and oxygen atoms in total. The molecule has 74 heavy (non-hydrogen) atoms. The Balaban J connectivity index is 0.872. The molecular formula is C67H46N6O. The highest BCUT2D eigenvalue weighted by Crippen LogP contribution is 2.46. The van der Waals surface area contributed by atoms with Crippen molar-refractivity contribution in [3.05, 3.63) is 254 Å². The summed E-state index contributed by atoms with van der Waals surface area (Å²) in [7, 11) is 0. The van der Waals surface area contributed by atoms with Crippen LogP contribution in [-0.2, 0) is 0 Å². The number of rotatable bonds is 8. The van der Waals surface area contributed by atoms with Gasteiger partial charge in [-0.05, 0) is 110 Å². The number of hydrogen-bond acceptors (Lipinski definition) is 4. The molecule has 0 N–H and O–H groups in total. The molecule has 7 heteroatoms. The number of benzene rings is 10. The second-order valence-corrected chi connectivity index (χ2v) is 19.2. The van der Waals surface area contributed by atoms with E-state index in [9.17, 15) is 0 Å². The van der Waals surface area contributed by atoms with Crippen LogP contribution in [0, 0.1) is 6.92 Å². The van der Waals surface area contributed by atoms with Crippen molar-refractivity contribution < 1.29 is 4.74 Å². The summed E-state index contributed by atoms with van der Waals surface area (Å²) in [5, 5.41) is 7.16. The summed E-state index contributed by atoms with van der Waals surface area (Å²) in [6, 6.07) is 86.6. The maximum absolute atomic E-state index is 6.81. The van der Waals surface area contributed by atoms with Crippen molar-refractivity contribution >= 4 is 88.2 Å². The summed E-state index contributed by atoms with van der Waals surface area (Å²) < 4.78 is 14.0. The number of aromatic nitrogens is 4. The normalized spacial score (nSPS) is 12.6. The topological polar surface area (TPSA) is 43.4 Å². The third-order valence-electron chi connectivity index (χ3n) is 15.1. The highest BCUT2D eigenvalue weighted by molar-refractivity contribution is 6.13. The lowest BCUT2D eigenvalue weighted by Gasteiger charge is -2.22. The molecule has 0 atom stereocenters. The zero-order valence-corrected chi connectivity index (χ0v) is 40.5. The third kappa shape index (κ3) is 6.43. The number of para-hydroxylation sites is 8. The van der Waals surface area contributed by atoms with Crippen molar-refractivity contribution in [2.24, 2.45) is 0 Å². The van der Waals surface area contributed by atoms with Gasteiger partial charge < -0.3 is 23.7 Å². The largest absolute Gasteiger partial charge is 0.457 e. The van der Waals surface area contributed by atoms with Gasteiger partial charge in [-0.25, -0.2) is 4.98 Å². The molecule has 5 heterocycles. The zero-order chi connectivity index (χ0) is 48.9. The molecule has 0 spiro atoms. The molecule has 0 unspecified atom stereocenters. The van der Waals surface area contributed by atoms with E-state index >= 15 is 0 Å². The van der Waals surface area contributed by atoms with Crippen LogP contribution in [-0.4, -0.2) is 25.4 Å². The van der Waals surface area contributed by atoms with E-state index in [0.29, 0.717) is 6.67 Å². The van der Waals surface area contributed by atoms with Gasteiger partial charge in [-0.2, -0.15) is 0 Å². The summed E-state index contributed by atoms with van der Waals surface area (Å²) in [6.45, 7) is 2.92. The SMILES string of the molecule is Cc1cc(-n2c3ccccc3c3ccc(Oc4cccc(N5CN(c6ccccc6)c6ccccc65)c4)cc32)ncc1-c1c(-n2c3ccccc3c3ccccc32)cccc1-n1c2ccccc2c2ccccc21. The highest BCUT2D eigenvalue weighted by Gasteiger charge is 2.28. The predicted octanol–water partition coefficient (Wildman–Crippen LogP) is 17.4. The standard InChI is InChI=1S/C67H46N6O/c1-44-39-66(73-60-32-14-9-27-53(60)54-38-37-48(41-65(54)73)74-47-22-17-21-46(40-47)70-43-69(45-19-3-2-4-20-45)61-33-15-16-34-62(61)70)68-42-55(44)67-63(71-56-28-10-5-23-49(56)50-24-6-11-29-57(50)71)35-18-36-64(67)72-58-30-12-7-25-51(58)52-26-8-13-31-59(52)72/h2-42H,43H2,1H3. The van der Waals surface area contributed by atoms with Crippen LogP contribution in [0.3, 0.4) is 0 Å². The summed E-state index contributed by atoms with van der Waals surface area (Å²) in [5.41, 5.74) is 16.7. The van der Waals surface area contributed by atoms with Gasteiger partial charge in [0.1, 0.15) is 24.0 Å². The van der Waals surface area contributed by atoms with Crippen molar-refractivity contribution in [3.63, 3.8) is 0 Å². The predicted molar refractivity (Wildman–Crippen MR) is 306 cm³/mol. The van der Waals surface area contributed by atoms with Crippen LogP contribution in [0.2, 0.25) is 0 Å². The fraction of sp³-hybridized carbons (Fsp3) is 0.0299. The van der Waals surface area contributed by atoms with Crippen LogP contribution in [0.4, 0.5) is 22.7 Å². The molecule has 0 bridgehead atoms. The van der Waals surface area contributed by atoms with Gasteiger partial charge in [-0.3, -0.25) is 4.57 Å². The second-order valence-electron chi connectivity index (χ2n) is 19.2. The van der Waals surface area contributed by atoms with Crippen molar-refractivity contribution in [2.75, 3.05) is 16.5 Å². The first-order valence-electron chi connectivity index (χ1n) is 25.2. The molecule has 350 valence electrons. The highest BCUT2D eigenvalue weighted by atomic mass is 16.5. The molecule has 0 fully saturated rings. The minimum absolute atomic E-state index is 0.692. The maximum Gasteiger partial charge on any atom is 0.137 e. The smallest absolute Gasteiger partial charge is 0.137 e. The fourth-order valence-electron chi connectivity index (χ4n) is 11.8. The number of fused-ring (bicyclic) bond motifs is 10. The summed E-state index contributed by atoms with van der Waals surface area (Å²) in [4.78, 5) is 10.2. The van der Waals surface area contributed by atoms with Gasteiger partial charge in [-0.1, -0.05) is 133 Å². The van der Waals surface area contributed by atoms with Crippen molar-refractivity contribution in [1.29, 1.82) is 0 Å². The van der Waals surface area contributed by atoms with Gasteiger partial charge >= 0.3 is 0 Å². The monoisotopic (exact) mass is 950 g/mol. The van der Waals surface area contributed by atoms with Crippen LogP contribution < -0.4 is 14.5 Å². The Kier molecular flexibility index (Phi) is 9.41. The average Bonchev–Trinajstić information content (AvgIpc) is 4.21. The van der Waals surface area contributed by atoms with Gasteiger partial charge in [0.15, 0.2) is 0 Å². The Morgan fingerprint density at radius 1 is 0.351 bits per heavy atom. The molecule has 1 aliphatic rings. The van der Waals surface area contributed by atoms with E-state index in [4.69, 9.17) is 9.72 Å². The first kappa shape index (κ1) is 41.9. The number of anilines is 4. The Morgan fingerprint density at radius 2 is 0.784 bits per heavy atom.